The number of hydrogen-bond donors (Lipinski definition) is 2. The fourth-order valence-electron chi connectivity index (χ4n) is 1.81. The van der Waals surface area contributed by atoms with Gasteiger partial charge in [-0.15, -0.1) is 0 Å². The van der Waals surface area contributed by atoms with E-state index < -0.39 is 0 Å². The first-order valence-electron chi connectivity index (χ1n) is 5.68. The molecule has 0 fully saturated rings. The van der Waals surface area contributed by atoms with Crippen molar-refractivity contribution in [3.05, 3.63) is 51.3 Å². The first-order chi connectivity index (χ1) is 9.13. The third-order valence-electron chi connectivity index (χ3n) is 2.82. The lowest BCUT2D eigenvalue weighted by atomic mass is 10.0. The highest BCUT2D eigenvalue weighted by Gasteiger charge is 2.16. The van der Waals surface area contributed by atoms with Crippen molar-refractivity contribution in [2.75, 3.05) is 7.11 Å². The summed E-state index contributed by atoms with van der Waals surface area (Å²) in [5, 5.41) is 0.347. The molecule has 2 rings (SSSR count). The third kappa shape index (κ3) is 3.51. The molecule has 0 radical (unpaired) electrons. The van der Waals surface area contributed by atoms with Crippen molar-refractivity contribution >= 4 is 27.5 Å². The van der Waals surface area contributed by atoms with E-state index in [-0.39, 0.29) is 6.04 Å². The van der Waals surface area contributed by atoms with Gasteiger partial charge in [-0.1, -0.05) is 15.9 Å². The lowest BCUT2D eigenvalue weighted by Crippen LogP contribution is -2.29. The van der Waals surface area contributed by atoms with E-state index in [9.17, 15) is 0 Å². The van der Waals surface area contributed by atoms with Crippen molar-refractivity contribution in [2.24, 2.45) is 5.84 Å². The SMILES string of the molecule is COc1ccc(Br)c(CC(NN)c2ccc(Cl)o2)c1. The normalized spacial score (nSPS) is 12.4. The first-order valence-corrected chi connectivity index (χ1v) is 6.85. The van der Waals surface area contributed by atoms with Crippen LogP contribution in [-0.4, -0.2) is 7.11 Å². The van der Waals surface area contributed by atoms with Gasteiger partial charge < -0.3 is 9.15 Å². The van der Waals surface area contributed by atoms with Gasteiger partial charge in [-0.3, -0.25) is 5.84 Å². The summed E-state index contributed by atoms with van der Waals surface area (Å²) in [5.41, 5.74) is 3.80. The number of methoxy groups -OCH3 is 1. The maximum atomic E-state index is 5.78. The van der Waals surface area contributed by atoms with Crippen molar-refractivity contribution in [1.82, 2.24) is 5.43 Å². The summed E-state index contributed by atoms with van der Waals surface area (Å²) in [6.07, 6.45) is 0.651. The summed E-state index contributed by atoms with van der Waals surface area (Å²) in [5.74, 6) is 7.08. The van der Waals surface area contributed by atoms with Gasteiger partial charge in [0.05, 0.1) is 13.2 Å². The summed E-state index contributed by atoms with van der Waals surface area (Å²) >= 11 is 9.29. The highest BCUT2D eigenvalue weighted by Crippen LogP contribution is 2.28. The molecule has 1 atom stereocenters. The zero-order valence-corrected chi connectivity index (χ0v) is 12.7. The maximum Gasteiger partial charge on any atom is 0.193 e. The molecule has 0 aliphatic heterocycles. The molecular weight excluding hydrogens is 332 g/mol. The number of hydrogen-bond acceptors (Lipinski definition) is 4. The molecule has 1 unspecified atom stereocenters. The topological polar surface area (TPSA) is 60.4 Å². The molecule has 0 spiro atoms. The standard InChI is InChI=1S/C13H14BrClN2O2/c1-18-9-2-3-10(14)8(6-9)7-11(17-16)12-4-5-13(15)19-12/h2-6,11,17H,7,16H2,1H3. The van der Waals surface area contributed by atoms with Crippen molar-refractivity contribution in [3.8, 4) is 5.75 Å². The molecule has 3 N–H and O–H groups in total. The van der Waals surface area contributed by atoms with E-state index in [1.54, 1.807) is 19.2 Å². The Morgan fingerprint density at radius 2 is 2.21 bits per heavy atom. The number of halogens is 2. The molecule has 1 aromatic heterocycles. The number of benzene rings is 1. The first kappa shape index (κ1) is 14.4. The second kappa shape index (κ2) is 6.43. The molecule has 0 aliphatic rings. The molecule has 0 saturated carbocycles. The van der Waals surface area contributed by atoms with Gasteiger partial charge in [0.1, 0.15) is 11.5 Å². The summed E-state index contributed by atoms with van der Waals surface area (Å²) in [7, 11) is 1.64. The smallest absolute Gasteiger partial charge is 0.193 e. The minimum Gasteiger partial charge on any atom is -0.497 e. The third-order valence-corrected chi connectivity index (χ3v) is 3.79. The lowest BCUT2D eigenvalue weighted by molar-refractivity contribution is 0.408. The van der Waals surface area contributed by atoms with Crippen LogP contribution >= 0.6 is 27.5 Å². The minimum absolute atomic E-state index is 0.157. The average Bonchev–Trinajstić information content (AvgIpc) is 2.84. The van der Waals surface area contributed by atoms with Crippen LogP contribution in [0.4, 0.5) is 0 Å². The van der Waals surface area contributed by atoms with E-state index >= 15 is 0 Å². The Morgan fingerprint density at radius 3 is 2.79 bits per heavy atom. The van der Waals surface area contributed by atoms with Gasteiger partial charge in [0, 0.05) is 4.47 Å². The highest BCUT2D eigenvalue weighted by molar-refractivity contribution is 9.10. The summed E-state index contributed by atoms with van der Waals surface area (Å²) < 4.78 is 11.6. The van der Waals surface area contributed by atoms with E-state index in [2.05, 4.69) is 21.4 Å². The van der Waals surface area contributed by atoms with Gasteiger partial charge in [0.15, 0.2) is 5.22 Å². The molecule has 6 heteroatoms. The van der Waals surface area contributed by atoms with Crippen LogP contribution < -0.4 is 16.0 Å². The molecule has 1 aromatic carbocycles. The van der Waals surface area contributed by atoms with Crippen LogP contribution in [0, 0.1) is 0 Å². The second-order valence-electron chi connectivity index (χ2n) is 4.02. The van der Waals surface area contributed by atoms with Gasteiger partial charge in [0.2, 0.25) is 0 Å². The van der Waals surface area contributed by atoms with Gasteiger partial charge >= 0.3 is 0 Å². The molecule has 0 aliphatic carbocycles. The van der Waals surface area contributed by atoms with E-state index in [1.807, 2.05) is 18.2 Å². The lowest BCUT2D eigenvalue weighted by Gasteiger charge is -2.15. The van der Waals surface area contributed by atoms with Crippen molar-refractivity contribution in [3.63, 3.8) is 0 Å². The number of nitrogens with one attached hydrogen (secondary N) is 1. The Bertz CT molecular complexity index is 559. The Morgan fingerprint density at radius 1 is 1.42 bits per heavy atom. The Kier molecular flexibility index (Phi) is 4.87. The fraction of sp³-hybridized carbons (Fsp3) is 0.231. The highest BCUT2D eigenvalue weighted by atomic mass is 79.9. The van der Waals surface area contributed by atoms with E-state index in [1.165, 1.54) is 0 Å². The molecule has 102 valence electrons. The predicted molar refractivity (Wildman–Crippen MR) is 78.2 cm³/mol. The Hall–Kier alpha value is -1.01. The van der Waals surface area contributed by atoms with E-state index in [0.29, 0.717) is 17.4 Å². The van der Waals surface area contributed by atoms with Gasteiger partial charge in [-0.25, -0.2) is 5.43 Å². The molecule has 2 aromatic rings. The maximum absolute atomic E-state index is 5.78. The predicted octanol–water partition coefficient (Wildman–Crippen LogP) is 3.45. The second-order valence-corrected chi connectivity index (χ2v) is 5.25. The molecule has 1 heterocycles. The van der Waals surface area contributed by atoms with Gasteiger partial charge in [-0.05, 0) is 53.9 Å². The number of nitrogens with two attached hydrogens (primary N) is 1. The van der Waals surface area contributed by atoms with Crippen LogP contribution in [0.15, 0.2) is 39.2 Å². The number of hydrazine groups is 1. The molecular formula is C13H14BrClN2O2. The van der Waals surface area contributed by atoms with Gasteiger partial charge in [-0.2, -0.15) is 0 Å². The molecule has 0 saturated heterocycles. The molecule has 4 nitrogen and oxygen atoms in total. The van der Waals surface area contributed by atoms with Crippen LogP contribution in [0.5, 0.6) is 5.75 Å². The molecule has 19 heavy (non-hydrogen) atoms. The molecule has 0 amide bonds. The Labute approximate surface area is 125 Å². The van der Waals surface area contributed by atoms with E-state index in [0.717, 1.165) is 15.8 Å². The van der Waals surface area contributed by atoms with Crippen LogP contribution in [0.1, 0.15) is 17.4 Å². The number of furan rings is 1. The fourth-order valence-corrected chi connectivity index (χ4v) is 2.37. The summed E-state index contributed by atoms with van der Waals surface area (Å²) in [6, 6.07) is 9.14. The average molecular weight is 346 g/mol. The molecule has 0 bridgehead atoms. The van der Waals surface area contributed by atoms with Crippen LogP contribution in [0.25, 0.3) is 0 Å². The Balaban J connectivity index is 2.23. The summed E-state index contributed by atoms with van der Waals surface area (Å²) in [6.45, 7) is 0. The summed E-state index contributed by atoms with van der Waals surface area (Å²) in [4.78, 5) is 0. The van der Waals surface area contributed by atoms with Crippen molar-refractivity contribution in [2.45, 2.75) is 12.5 Å². The monoisotopic (exact) mass is 344 g/mol. The van der Waals surface area contributed by atoms with Crippen LogP contribution in [0.2, 0.25) is 5.22 Å². The number of rotatable bonds is 5. The zero-order valence-electron chi connectivity index (χ0n) is 10.3. The largest absolute Gasteiger partial charge is 0.497 e. The van der Waals surface area contributed by atoms with Crippen molar-refractivity contribution < 1.29 is 9.15 Å². The van der Waals surface area contributed by atoms with Crippen LogP contribution in [-0.2, 0) is 6.42 Å². The number of ether oxygens (including phenoxy) is 1. The van der Waals surface area contributed by atoms with Gasteiger partial charge in [0.25, 0.3) is 0 Å². The minimum atomic E-state index is -0.157. The van der Waals surface area contributed by atoms with E-state index in [4.69, 9.17) is 26.6 Å². The zero-order chi connectivity index (χ0) is 13.8. The van der Waals surface area contributed by atoms with Crippen molar-refractivity contribution in [1.29, 1.82) is 0 Å². The van der Waals surface area contributed by atoms with Crippen LogP contribution in [0.3, 0.4) is 0 Å². The quantitative estimate of drug-likeness (QED) is 0.643.